The summed E-state index contributed by atoms with van der Waals surface area (Å²) < 4.78 is 0. The average Bonchev–Trinajstić information content (AvgIpc) is 2.98. The Labute approximate surface area is 232 Å². The maximum absolute atomic E-state index is 2.31. The summed E-state index contributed by atoms with van der Waals surface area (Å²) >= 11 is 0. The van der Waals surface area contributed by atoms with Gasteiger partial charge in [0.2, 0.25) is 0 Å². The van der Waals surface area contributed by atoms with Gasteiger partial charge in [0.1, 0.15) is 0 Å². The molecule has 5 aromatic rings. The van der Waals surface area contributed by atoms with Crippen LogP contribution >= 0.6 is 0 Å². The van der Waals surface area contributed by atoms with Crippen molar-refractivity contribution in [2.75, 3.05) is 16.8 Å². The Kier molecular flexibility index (Phi) is 8.04. The summed E-state index contributed by atoms with van der Waals surface area (Å²) in [4.78, 5) is 4.45. The van der Waals surface area contributed by atoms with Gasteiger partial charge < -0.3 is 9.80 Å². The number of allylic oxidation sites excluding steroid dienone is 5. The van der Waals surface area contributed by atoms with Crippen LogP contribution in [0.2, 0.25) is 0 Å². The van der Waals surface area contributed by atoms with Crippen LogP contribution in [0.15, 0.2) is 157 Å². The Balaban J connectivity index is 1.39. The van der Waals surface area contributed by atoms with Crippen LogP contribution in [0.3, 0.4) is 0 Å². The van der Waals surface area contributed by atoms with Gasteiger partial charge in [0.05, 0.1) is 0 Å². The molecule has 0 aliphatic heterocycles. The highest BCUT2D eigenvalue weighted by atomic mass is 15.1. The predicted molar refractivity (Wildman–Crippen MR) is 170 cm³/mol. The van der Waals surface area contributed by atoms with Gasteiger partial charge in [-0.1, -0.05) is 96.6 Å². The number of hydrogen-bond acceptors (Lipinski definition) is 2. The molecule has 0 atom stereocenters. The summed E-state index contributed by atoms with van der Waals surface area (Å²) in [6.45, 7) is 4.14. The fraction of sp³-hybridized carbons (Fsp3) is 0.0811. The summed E-state index contributed by atoms with van der Waals surface area (Å²) in [5.41, 5.74) is 8.18. The Morgan fingerprint density at radius 1 is 0.590 bits per heavy atom. The molecule has 0 aliphatic carbocycles. The molecule has 0 N–H and O–H groups in total. The van der Waals surface area contributed by atoms with E-state index in [4.69, 9.17) is 0 Å². The van der Waals surface area contributed by atoms with Crippen LogP contribution in [0.1, 0.15) is 13.8 Å². The molecule has 0 amide bonds. The number of para-hydroxylation sites is 1. The topological polar surface area (TPSA) is 6.48 Å². The second-order valence-corrected chi connectivity index (χ2v) is 9.66. The molecular formula is C37H34N2. The van der Waals surface area contributed by atoms with E-state index in [-0.39, 0.29) is 0 Å². The van der Waals surface area contributed by atoms with Gasteiger partial charge in [-0.3, -0.25) is 0 Å². The van der Waals surface area contributed by atoms with E-state index in [1.54, 1.807) is 0 Å². The molecule has 2 nitrogen and oxygen atoms in total. The van der Waals surface area contributed by atoms with E-state index in [1.807, 2.05) is 6.92 Å². The lowest BCUT2D eigenvalue weighted by atomic mass is 10.0. The third kappa shape index (κ3) is 6.19. The molecule has 0 aromatic heterocycles. The van der Waals surface area contributed by atoms with Crippen LogP contribution in [0, 0.1) is 0 Å². The van der Waals surface area contributed by atoms with Crippen LogP contribution < -0.4 is 9.80 Å². The second kappa shape index (κ2) is 12.1. The normalized spacial score (nSPS) is 11.9. The summed E-state index contributed by atoms with van der Waals surface area (Å²) in [7, 11) is 2.07. The fourth-order valence-electron chi connectivity index (χ4n) is 4.76. The molecule has 5 rings (SSSR count). The Morgan fingerprint density at radius 3 is 1.82 bits per heavy atom. The van der Waals surface area contributed by atoms with E-state index < -0.39 is 0 Å². The minimum Gasteiger partial charge on any atom is -0.351 e. The number of anilines is 4. The standard InChI is InChI=1S/C37H34N2/c1-4-11-29(2)12-10-27-38(3)34-22-17-31(18-23-34)32-19-24-36(25-20-32)39(35-15-6-5-7-16-35)37-26-21-30-13-8-9-14-33(30)28-37/h4-28H,1-3H3/b11-4-,27-10+,29-12-. The predicted octanol–water partition coefficient (Wildman–Crippen LogP) is 10.4. The molecule has 0 saturated carbocycles. The molecule has 0 heterocycles. The highest BCUT2D eigenvalue weighted by Gasteiger charge is 2.13. The Bertz CT molecular complexity index is 1610. The van der Waals surface area contributed by atoms with Crippen molar-refractivity contribution < 1.29 is 0 Å². The first-order valence-electron chi connectivity index (χ1n) is 13.4. The third-order valence-corrected chi connectivity index (χ3v) is 6.84. The summed E-state index contributed by atoms with van der Waals surface area (Å²) in [6, 6.07) is 43.3. The van der Waals surface area contributed by atoms with E-state index in [0.717, 1.165) is 22.7 Å². The quantitative estimate of drug-likeness (QED) is 0.193. The maximum Gasteiger partial charge on any atom is 0.0468 e. The smallest absolute Gasteiger partial charge is 0.0468 e. The number of nitrogens with zero attached hydrogens (tertiary/aromatic N) is 2. The van der Waals surface area contributed by atoms with Crippen molar-refractivity contribution >= 4 is 33.5 Å². The fourth-order valence-corrected chi connectivity index (χ4v) is 4.76. The first kappa shape index (κ1) is 25.8. The highest BCUT2D eigenvalue weighted by Crippen LogP contribution is 2.37. The minimum atomic E-state index is 1.13. The number of benzene rings is 5. The van der Waals surface area contributed by atoms with Gasteiger partial charge in [0.15, 0.2) is 0 Å². The summed E-state index contributed by atoms with van der Waals surface area (Å²) in [5.74, 6) is 0. The number of fused-ring (bicyclic) bond motifs is 1. The molecule has 0 spiro atoms. The van der Waals surface area contributed by atoms with Crippen LogP contribution in [-0.4, -0.2) is 7.05 Å². The monoisotopic (exact) mass is 506 g/mol. The largest absolute Gasteiger partial charge is 0.351 e. The average molecular weight is 507 g/mol. The lowest BCUT2D eigenvalue weighted by molar-refractivity contribution is 1.20. The van der Waals surface area contributed by atoms with Crippen molar-refractivity contribution in [3.8, 4) is 11.1 Å². The molecular weight excluding hydrogens is 472 g/mol. The second-order valence-electron chi connectivity index (χ2n) is 9.66. The zero-order chi connectivity index (χ0) is 27.0. The number of hydrogen-bond donors (Lipinski definition) is 0. The van der Waals surface area contributed by atoms with E-state index in [1.165, 1.54) is 27.5 Å². The van der Waals surface area contributed by atoms with E-state index in [9.17, 15) is 0 Å². The molecule has 0 fully saturated rings. The van der Waals surface area contributed by atoms with Crippen molar-refractivity contribution in [3.63, 3.8) is 0 Å². The summed E-state index contributed by atoms with van der Waals surface area (Å²) in [5, 5.41) is 2.48. The van der Waals surface area contributed by atoms with Gasteiger partial charge >= 0.3 is 0 Å². The van der Waals surface area contributed by atoms with Crippen LogP contribution in [0.25, 0.3) is 21.9 Å². The zero-order valence-electron chi connectivity index (χ0n) is 22.8. The SMILES string of the molecule is C\C=C/C(C)=C\C=C\N(C)c1ccc(-c2ccc(N(c3ccccc3)c3ccc4ccccc4c3)cc2)cc1. The molecule has 5 aromatic carbocycles. The third-order valence-electron chi connectivity index (χ3n) is 6.84. The highest BCUT2D eigenvalue weighted by molar-refractivity contribution is 5.89. The van der Waals surface area contributed by atoms with Crippen molar-refractivity contribution in [1.82, 2.24) is 0 Å². The lowest BCUT2D eigenvalue weighted by Crippen LogP contribution is -2.09. The number of rotatable bonds is 8. The molecule has 2 heteroatoms. The first-order chi connectivity index (χ1) is 19.1. The summed E-state index contributed by atoms with van der Waals surface area (Å²) in [6.07, 6.45) is 10.4. The van der Waals surface area contributed by atoms with Crippen molar-refractivity contribution in [1.29, 1.82) is 0 Å². The Morgan fingerprint density at radius 2 is 1.15 bits per heavy atom. The van der Waals surface area contributed by atoms with Gasteiger partial charge in [-0.25, -0.2) is 0 Å². The molecule has 0 aliphatic rings. The molecule has 0 saturated heterocycles. The lowest BCUT2D eigenvalue weighted by Gasteiger charge is -2.26. The zero-order valence-corrected chi connectivity index (χ0v) is 22.8. The van der Waals surface area contributed by atoms with Gasteiger partial charge in [-0.2, -0.15) is 0 Å². The molecule has 0 unspecified atom stereocenters. The van der Waals surface area contributed by atoms with Crippen molar-refractivity contribution in [3.05, 3.63) is 157 Å². The molecule has 0 bridgehead atoms. The van der Waals surface area contributed by atoms with E-state index in [0.29, 0.717) is 0 Å². The van der Waals surface area contributed by atoms with Gasteiger partial charge in [-0.15, -0.1) is 0 Å². The molecule has 0 radical (unpaired) electrons. The first-order valence-corrected chi connectivity index (χ1v) is 13.4. The van der Waals surface area contributed by atoms with Gasteiger partial charge in [0.25, 0.3) is 0 Å². The van der Waals surface area contributed by atoms with E-state index in [2.05, 4.69) is 176 Å². The maximum atomic E-state index is 2.31. The van der Waals surface area contributed by atoms with Crippen LogP contribution in [0.4, 0.5) is 22.7 Å². The van der Waals surface area contributed by atoms with Crippen molar-refractivity contribution in [2.24, 2.45) is 0 Å². The molecule has 39 heavy (non-hydrogen) atoms. The van der Waals surface area contributed by atoms with E-state index >= 15 is 0 Å². The van der Waals surface area contributed by atoms with Gasteiger partial charge in [-0.05, 0) is 90.4 Å². The Hall–Kier alpha value is -4.82. The minimum absolute atomic E-state index is 1.13. The van der Waals surface area contributed by atoms with Crippen molar-refractivity contribution in [2.45, 2.75) is 13.8 Å². The van der Waals surface area contributed by atoms with Gasteiger partial charge in [0, 0.05) is 36.0 Å². The van der Waals surface area contributed by atoms with Crippen LogP contribution in [-0.2, 0) is 0 Å². The van der Waals surface area contributed by atoms with Crippen LogP contribution in [0.5, 0.6) is 0 Å². The molecule has 192 valence electrons.